The van der Waals surface area contributed by atoms with Gasteiger partial charge < -0.3 is 9.64 Å². The molecule has 0 spiro atoms. The minimum atomic E-state index is 0.586. The molecule has 2 atom stereocenters. The van der Waals surface area contributed by atoms with Crippen molar-refractivity contribution in [3.8, 4) is 0 Å². The van der Waals surface area contributed by atoms with Crippen LogP contribution in [-0.2, 0) is 11.3 Å². The summed E-state index contributed by atoms with van der Waals surface area (Å²) in [5.74, 6) is 3.90. The molecule has 0 radical (unpaired) electrons. The largest absolute Gasteiger partial charge is 0.380 e. The summed E-state index contributed by atoms with van der Waals surface area (Å²) in [6, 6.07) is 0. The molecule has 1 saturated heterocycles. The van der Waals surface area contributed by atoms with Gasteiger partial charge in [-0.2, -0.15) is 0 Å². The minimum absolute atomic E-state index is 0.586. The van der Waals surface area contributed by atoms with Crippen LogP contribution in [0.5, 0.6) is 0 Å². The van der Waals surface area contributed by atoms with Crippen molar-refractivity contribution in [2.45, 2.75) is 45.6 Å². The molecule has 0 bridgehead atoms. The Balaban J connectivity index is 1.49. The minimum Gasteiger partial charge on any atom is -0.380 e. The van der Waals surface area contributed by atoms with E-state index in [1.54, 1.807) is 7.11 Å². The average Bonchev–Trinajstić information content (AvgIpc) is 3.28. The Morgan fingerprint density at radius 2 is 1.95 bits per heavy atom. The molecule has 1 aromatic heterocycles. The van der Waals surface area contributed by atoms with E-state index in [9.17, 15) is 0 Å². The summed E-state index contributed by atoms with van der Waals surface area (Å²) in [6.07, 6.45) is 10.7. The third-order valence-corrected chi connectivity index (χ3v) is 5.07. The normalized spacial score (nSPS) is 26.1. The van der Waals surface area contributed by atoms with Gasteiger partial charge in [0.2, 0.25) is 5.95 Å². The van der Waals surface area contributed by atoms with Crippen molar-refractivity contribution in [1.29, 1.82) is 0 Å². The van der Waals surface area contributed by atoms with E-state index < -0.39 is 0 Å². The zero-order valence-electron chi connectivity index (χ0n) is 13.3. The highest BCUT2D eigenvalue weighted by Gasteiger charge is 2.42. The zero-order chi connectivity index (χ0) is 14.7. The van der Waals surface area contributed by atoms with Gasteiger partial charge in [0.05, 0.1) is 6.61 Å². The number of hydrogen-bond donors (Lipinski definition) is 0. The number of nitrogens with zero attached hydrogens (tertiary/aromatic N) is 3. The first kappa shape index (κ1) is 14.8. The SMILES string of the molecule is CCC[C@H]1C[C@@H]1C1CCN(c2ncc(COC)cn2)CC1. The van der Waals surface area contributed by atoms with Crippen LogP contribution in [0.1, 0.15) is 44.6 Å². The second-order valence-corrected chi connectivity index (χ2v) is 6.60. The third kappa shape index (κ3) is 3.54. The van der Waals surface area contributed by atoms with Gasteiger partial charge in [-0.15, -0.1) is 0 Å². The standard InChI is InChI=1S/C17H27N3O/c1-3-4-15-9-16(15)14-5-7-20(8-6-14)17-18-10-13(11-19-17)12-21-2/h10-11,14-16H,3-9,12H2,1-2H3/t15-,16+/m0/s1. The number of anilines is 1. The van der Waals surface area contributed by atoms with E-state index in [-0.39, 0.29) is 0 Å². The van der Waals surface area contributed by atoms with Crippen LogP contribution in [-0.4, -0.2) is 30.2 Å². The number of rotatable bonds is 6. The Kier molecular flexibility index (Phi) is 4.73. The number of methoxy groups -OCH3 is 1. The van der Waals surface area contributed by atoms with Gasteiger partial charge in [-0.25, -0.2) is 9.97 Å². The van der Waals surface area contributed by atoms with Crippen molar-refractivity contribution in [3.63, 3.8) is 0 Å². The zero-order valence-corrected chi connectivity index (χ0v) is 13.3. The number of ether oxygens (including phenoxy) is 1. The fraction of sp³-hybridized carbons (Fsp3) is 0.765. The molecule has 2 fully saturated rings. The van der Waals surface area contributed by atoms with E-state index in [2.05, 4.69) is 21.8 Å². The van der Waals surface area contributed by atoms with Gasteiger partial charge in [-0.3, -0.25) is 0 Å². The topological polar surface area (TPSA) is 38.2 Å². The predicted molar refractivity (Wildman–Crippen MR) is 84.2 cm³/mol. The van der Waals surface area contributed by atoms with Crippen LogP contribution in [0.25, 0.3) is 0 Å². The molecule has 21 heavy (non-hydrogen) atoms. The Bertz CT molecular complexity index is 440. The fourth-order valence-corrected chi connectivity index (χ4v) is 3.83. The van der Waals surface area contributed by atoms with Gasteiger partial charge in [0.1, 0.15) is 0 Å². The van der Waals surface area contributed by atoms with E-state index in [1.807, 2.05) is 12.4 Å². The van der Waals surface area contributed by atoms with Gasteiger partial charge in [-0.05, 0) is 37.0 Å². The van der Waals surface area contributed by atoms with Gasteiger partial charge in [-0.1, -0.05) is 19.8 Å². The maximum atomic E-state index is 5.10. The van der Waals surface area contributed by atoms with E-state index in [0.717, 1.165) is 42.4 Å². The Morgan fingerprint density at radius 3 is 2.57 bits per heavy atom. The molecule has 4 heteroatoms. The highest BCUT2D eigenvalue weighted by atomic mass is 16.5. The second kappa shape index (κ2) is 6.73. The van der Waals surface area contributed by atoms with Crippen LogP contribution in [0.2, 0.25) is 0 Å². The lowest BCUT2D eigenvalue weighted by molar-refractivity contribution is 0.184. The summed E-state index contributed by atoms with van der Waals surface area (Å²) in [7, 11) is 1.70. The van der Waals surface area contributed by atoms with Crippen LogP contribution in [0.4, 0.5) is 5.95 Å². The lowest BCUT2D eigenvalue weighted by Gasteiger charge is -2.32. The Morgan fingerprint density at radius 1 is 1.24 bits per heavy atom. The summed E-state index contributed by atoms with van der Waals surface area (Å²) >= 11 is 0. The van der Waals surface area contributed by atoms with E-state index in [0.29, 0.717) is 6.61 Å². The molecule has 1 aliphatic carbocycles. The molecule has 4 nitrogen and oxygen atoms in total. The predicted octanol–water partition coefficient (Wildman–Crippen LogP) is 3.28. The summed E-state index contributed by atoms with van der Waals surface area (Å²) in [4.78, 5) is 11.3. The smallest absolute Gasteiger partial charge is 0.225 e. The molecular formula is C17H27N3O. The molecule has 2 aliphatic rings. The highest BCUT2D eigenvalue weighted by molar-refractivity contribution is 5.30. The average molecular weight is 289 g/mol. The van der Waals surface area contributed by atoms with Crippen molar-refractivity contribution in [2.24, 2.45) is 17.8 Å². The summed E-state index contributed by atoms with van der Waals surface area (Å²) in [6.45, 7) is 5.12. The highest BCUT2D eigenvalue weighted by Crippen LogP contribution is 2.50. The number of piperidine rings is 1. The molecule has 0 aromatic carbocycles. The van der Waals surface area contributed by atoms with Crippen LogP contribution in [0.15, 0.2) is 12.4 Å². The summed E-state index contributed by atoms with van der Waals surface area (Å²) < 4.78 is 5.10. The van der Waals surface area contributed by atoms with Crippen molar-refractivity contribution in [3.05, 3.63) is 18.0 Å². The van der Waals surface area contributed by atoms with Crippen LogP contribution < -0.4 is 4.90 Å². The lowest BCUT2D eigenvalue weighted by atomic mass is 9.90. The molecule has 0 amide bonds. The van der Waals surface area contributed by atoms with Crippen molar-refractivity contribution in [2.75, 3.05) is 25.1 Å². The van der Waals surface area contributed by atoms with Gasteiger partial charge in [0.25, 0.3) is 0 Å². The first-order chi connectivity index (χ1) is 10.3. The maximum absolute atomic E-state index is 5.10. The molecule has 2 heterocycles. The van der Waals surface area contributed by atoms with Crippen molar-refractivity contribution in [1.82, 2.24) is 9.97 Å². The molecule has 1 saturated carbocycles. The first-order valence-electron chi connectivity index (χ1n) is 8.36. The molecule has 116 valence electrons. The summed E-state index contributed by atoms with van der Waals surface area (Å²) in [5.41, 5.74) is 1.04. The van der Waals surface area contributed by atoms with Gasteiger partial charge in [0.15, 0.2) is 0 Å². The fourth-order valence-electron chi connectivity index (χ4n) is 3.83. The lowest BCUT2D eigenvalue weighted by Crippen LogP contribution is -2.35. The van der Waals surface area contributed by atoms with Crippen LogP contribution in [0.3, 0.4) is 0 Å². The molecular weight excluding hydrogens is 262 g/mol. The maximum Gasteiger partial charge on any atom is 0.225 e. The van der Waals surface area contributed by atoms with Crippen molar-refractivity contribution < 1.29 is 4.74 Å². The van der Waals surface area contributed by atoms with Crippen LogP contribution >= 0.6 is 0 Å². The Labute approximate surface area is 127 Å². The quantitative estimate of drug-likeness (QED) is 0.805. The number of aromatic nitrogens is 2. The molecule has 0 unspecified atom stereocenters. The van der Waals surface area contributed by atoms with E-state index in [4.69, 9.17) is 4.74 Å². The van der Waals surface area contributed by atoms with Crippen LogP contribution in [0, 0.1) is 17.8 Å². The third-order valence-electron chi connectivity index (χ3n) is 5.07. The van der Waals surface area contributed by atoms with Gasteiger partial charge >= 0.3 is 0 Å². The van der Waals surface area contributed by atoms with E-state index in [1.165, 1.54) is 32.1 Å². The molecule has 1 aliphatic heterocycles. The van der Waals surface area contributed by atoms with Crippen molar-refractivity contribution >= 4 is 5.95 Å². The van der Waals surface area contributed by atoms with Gasteiger partial charge in [0, 0.05) is 38.2 Å². The summed E-state index contributed by atoms with van der Waals surface area (Å²) in [5, 5.41) is 0. The molecule has 0 N–H and O–H groups in total. The Hall–Kier alpha value is -1.16. The molecule has 3 rings (SSSR count). The number of hydrogen-bond acceptors (Lipinski definition) is 4. The monoisotopic (exact) mass is 289 g/mol. The molecule has 1 aromatic rings. The second-order valence-electron chi connectivity index (χ2n) is 6.60. The van der Waals surface area contributed by atoms with E-state index >= 15 is 0 Å². The first-order valence-corrected chi connectivity index (χ1v) is 8.36.